The highest BCUT2D eigenvalue weighted by Crippen LogP contribution is 2.47. The van der Waals surface area contributed by atoms with Crippen molar-refractivity contribution in [2.75, 3.05) is 4.90 Å². The summed E-state index contributed by atoms with van der Waals surface area (Å²) < 4.78 is 15.9. The summed E-state index contributed by atoms with van der Waals surface area (Å²) in [5, 5.41) is 2.52. The van der Waals surface area contributed by atoms with Crippen LogP contribution < -0.4 is 47.2 Å². The molecular formula is C54H32B2N2O2S2. The van der Waals surface area contributed by atoms with Crippen LogP contribution in [0, 0.1) is 0 Å². The summed E-state index contributed by atoms with van der Waals surface area (Å²) >= 11 is 3.73. The molecule has 0 amide bonds. The number of ether oxygens (including phenoxy) is 2. The first-order valence-corrected chi connectivity index (χ1v) is 22.7. The molecule has 1 aromatic heterocycles. The van der Waals surface area contributed by atoms with Gasteiger partial charge in [0.2, 0.25) is 6.71 Å². The molecule has 10 aromatic rings. The molecular weight excluding hydrogens is 794 g/mol. The van der Waals surface area contributed by atoms with Gasteiger partial charge in [-0.2, -0.15) is 0 Å². The van der Waals surface area contributed by atoms with E-state index in [9.17, 15) is 0 Å². The van der Waals surface area contributed by atoms with Crippen molar-refractivity contribution >= 4 is 109 Å². The van der Waals surface area contributed by atoms with Gasteiger partial charge >= 0.3 is 0 Å². The van der Waals surface area contributed by atoms with E-state index >= 15 is 0 Å². The second kappa shape index (κ2) is 13.3. The highest BCUT2D eigenvalue weighted by Gasteiger charge is 2.45. The van der Waals surface area contributed by atoms with Crippen LogP contribution in [0.3, 0.4) is 0 Å². The van der Waals surface area contributed by atoms with Gasteiger partial charge in [-0.1, -0.05) is 150 Å². The van der Waals surface area contributed by atoms with Crippen LogP contribution in [0.4, 0.5) is 17.1 Å². The number of benzene rings is 9. The quantitative estimate of drug-likeness (QED) is 0.161. The molecule has 8 heteroatoms. The van der Waals surface area contributed by atoms with Gasteiger partial charge in [0.05, 0.1) is 5.52 Å². The molecule has 62 heavy (non-hydrogen) atoms. The van der Waals surface area contributed by atoms with Crippen molar-refractivity contribution in [3.05, 3.63) is 194 Å². The molecule has 14 rings (SSSR count). The van der Waals surface area contributed by atoms with E-state index in [1.807, 2.05) is 84.2 Å². The minimum Gasteiger partial charge on any atom is -0.457 e. The molecule has 0 saturated heterocycles. The number of hydrogen-bond donors (Lipinski definition) is 0. The molecule has 4 nitrogen and oxygen atoms in total. The number of hydrogen-bond acceptors (Lipinski definition) is 5. The van der Waals surface area contributed by atoms with Crippen molar-refractivity contribution in [3.63, 3.8) is 0 Å². The predicted molar refractivity (Wildman–Crippen MR) is 259 cm³/mol. The van der Waals surface area contributed by atoms with Gasteiger partial charge in [-0.25, -0.2) is 0 Å². The number of fused-ring (bicyclic) bond motifs is 11. The molecule has 0 fully saturated rings. The highest BCUT2D eigenvalue weighted by atomic mass is 32.2. The number of anilines is 3. The molecule has 5 heterocycles. The number of para-hydroxylation sites is 5. The van der Waals surface area contributed by atoms with Crippen molar-refractivity contribution in [2.24, 2.45) is 0 Å². The van der Waals surface area contributed by atoms with Gasteiger partial charge in [0.15, 0.2) is 0 Å². The van der Waals surface area contributed by atoms with Crippen LogP contribution >= 0.6 is 23.5 Å². The second-order valence-corrected chi connectivity index (χ2v) is 18.5. The maximum Gasteiger partial charge on any atom is 0.252 e. The lowest BCUT2D eigenvalue weighted by atomic mass is 9.31. The standard InChI is InChI=1S/C54H32B2N2O2S2/c1-4-15-33(16-5-1)57-45-32-49-43(55-40-23-11-13-26-48(40)61-50-29-37(30-51(62-49)53(50)55)60-35-19-8-3-9-20-35)31-42(45)56-41-24-14-22-39-38-21-10-12-25-44(38)58(54(39)41)47-28-36(27-46(57)52(47)56)59-34-17-6-2-7-18-34/h1-32H. The lowest BCUT2D eigenvalue weighted by Gasteiger charge is -2.42. The highest BCUT2D eigenvalue weighted by molar-refractivity contribution is 8.01. The molecule has 4 aliphatic rings. The Labute approximate surface area is 367 Å². The van der Waals surface area contributed by atoms with E-state index in [0.29, 0.717) is 0 Å². The summed E-state index contributed by atoms with van der Waals surface area (Å²) in [5.41, 5.74) is 15.0. The average Bonchev–Trinajstić information content (AvgIpc) is 3.66. The summed E-state index contributed by atoms with van der Waals surface area (Å²) in [6, 6.07) is 70.0. The van der Waals surface area contributed by atoms with Gasteiger partial charge in [0.1, 0.15) is 23.0 Å². The Bertz CT molecular complexity index is 3510. The van der Waals surface area contributed by atoms with Crippen molar-refractivity contribution in [1.82, 2.24) is 4.57 Å². The second-order valence-electron chi connectivity index (χ2n) is 16.4. The Kier molecular flexibility index (Phi) is 7.42. The number of nitrogens with zero attached hydrogens (tertiary/aromatic N) is 2. The van der Waals surface area contributed by atoms with Crippen LogP contribution in [0.1, 0.15) is 0 Å². The molecule has 0 atom stereocenters. The summed E-state index contributed by atoms with van der Waals surface area (Å²) in [7, 11) is 0. The van der Waals surface area contributed by atoms with Crippen LogP contribution in [0.15, 0.2) is 214 Å². The Hall–Kier alpha value is -6.99. The zero-order chi connectivity index (χ0) is 40.5. The third-order valence-corrected chi connectivity index (χ3v) is 15.2. The molecule has 9 aromatic carbocycles. The van der Waals surface area contributed by atoms with Crippen molar-refractivity contribution in [3.8, 4) is 28.7 Å². The van der Waals surface area contributed by atoms with Crippen LogP contribution in [-0.2, 0) is 0 Å². The number of rotatable bonds is 5. The van der Waals surface area contributed by atoms with E-state index in [1.165, 1.54) is 79.9 Å². The van der Waals surface area contributed by atoms with Gasteiger partial charge in [-0.3, -0.25) is 0 Å². The third-order valence-electron chi connectivity index (χ3n) is 12.9. The van der Waals surface area contributed by atoms with Crippen LogP contribution in [0.2, 0.25) is 0 Å². The van der Waals surface area contributed by atoms with E-state index in [0.717, 1.165) is 40.1 Å². The first-order valence-electron chi connectivity index (χ1n) is 21.1. The molecule has 0 unspecified atom stereocenters. The van der Waals surface area contributed by atoms with Crippen molar-refractivity contribution in [2.45, 2.75) is 19.6 Å². The van der Waals surface area contributed by atoms with Gasteiger partial charge in [-0.15, -0.1) is 0 Å². The third kappa shape index (κ3) is 5.02. The van der Waals surface area contributed by atoms with Crippen LogP contribution in [0.25, 0.3) is 27.5 Å². The normalized spacial score (nSPS) is 13.6. The molecule has 288 valence electrons. The Balaban J connectivity index is 1.06. The first kappa shape index (κ1) is 34.7. The van der Waals surface area contributed by atoms with E-state index in [4.69, 9.17) is 9.47 Å². The summed E-state index contributed by atoms with van der Waals surface area (Å²) in [4.78, 5) is 7.53. The monoisotopic (exact) mass is 826 g/mol. The first-order chi connectivity index (χ1) is 30.7. The molecule has 4 aliphatic heterocycles. The topological polar surface area (TPSA) is 26.6 Å². The fourth-order valence-electron chi connectivity index (χ4n) is 10.5. The maximum absolute atomic E-state index is 6.80. The van der Waals surface area contributed by atoms with Gasteiger partial charge in [-0.05, 0) is 88.6 Å². The average molecular weight is 827 g/mol. The molecule has 0 spiro atoms. The fourth-order valence-corrected chi connectivity index (χ4v) is 13.0. The molecule has 0 saturated carbocycles. The largest absolute Gasteiger partial charge is 0.457 e. The van der Waals surface area contributed by atoms with Gasteiger partial charge in [0, 0.05) is 70.8 Å². The zero-order valence-electron chi connectivity index (χ0n) is 33.2. The Morgan fingerprint density at radius 1 is 0.371 bits per heavy atom. The predicted octanol–water partition coefficient (Wildman–Crippen LogP) is 10.4. The lowest BCUT2D eigenvalue weighted by molar-refractivity contribution is 0.480. The lowest BCUT2D eigenvalue weighted by Crippen LogP contribution is -2.63. The fraction of sp³-hybridized carbons (Fsp3) is 0. The van der Waals surface area contributed by atoms with Gasteiger partial charge in [0.25, 0.3) is 6.71 Å². The minimum atomic E-state index is -0.0210. The minimum absolute atomic E-state index is 0.0210. The van der Waals surface area contributed by atoms with E-state index in [1.54, 1.807) is 0 Å². The SMILES string of the molecule is c1ccc(Oc2cc3c4c(c2)Sc2cc5c(cc2B4c2ccccc2S3)B2c3c(cc(Oc4ccccc4)cc3-n3c4ccccc4c4cccc2c43)N5c2ccccc2)cc1. The van der Waals surface area contributed by atoms with Crippen LogP contribution in [-0.4, -0.2) is 18.0 Å². The number of aromatic nitrogens is 1. The van der Waals surface area contributed by atoms with E-state index in [-0.39, 0.29) is 13.4 Å². The molecule has 0 bridgehead atoms. The smallest absolute Gasteiger partial charge is 0.252 e. The van der Waals surface area contributed by atoms with Crippen molar-refractivity contribution in [1.29, 1.82) is 0 Å². The van der Waals surface area contributed by atoms with Crippen LogP contribution in [0.5, 0.6) is 23.0 Å². The van der Waals surface area contributed by atoms with E-state index < -0.39 is 0 Å². The molecule has 0 N–H and O–H groups in total. The Morgan fingerprint density at radius 3 is 1.74 bits per heavy atom. The van der Waals surface area contributed by atoms with Crippen molar-refractivity contribution < 1.29 is 9.47 Å². The summed E-state index contributed by atoms with van der Waals surface area (Å²) in [6.07, 6.45) is 0. The molecule has 0 aliphatic carbocycles. The molecule has 0 radical (unpaired) electrons. The van der Waals surface area contributed by atoms with E-state index in [2.05, 4.69) is 143 Å². The van der Waals surface area contributed by atoms with Gasteiger partial charge < -0.3 is 18.9 Å². The maximum atomic E-state index is 6.80. The Morgan fingerprint density at radius 2 is 0.968 bits per heavy atom. The summed E-state index contributed by atoms with van der Waals surface area (Å²) in [5.74, 6) is 3.30. The summed E-state index contributed by atoms with van der Waals surface area (Å²) in [6.45, 7) is 0.0515. The zero-order valence-corrected chi connectivity index (χ0v) is 34.8.